The Morgan fingerprint density at radius 1 is 1.50 bits per heavy atom. The molecule has 1 N–H and O–H groups in total. The number of hydrogen-bond donors (Lipinski definition) is 1. The van der Waals surface area contributed by atoms with Crippen molar-refractivity contribution in [1.82, 2.24) is 15.1 Å². The van der Waals surface area contributed by atoms with Crippen molar-refractivity contribution >= 4 is 28.3 Å². The third kappa shape index (κ3) is 3.65. The van der Waals surface area contributed by atoms with E-state index in [2.05, 4.69) is 15.5 Å². The number of carbonyl (C=O) groups is 2. The summed E-state index contributed by atoms with van der Waals surface area (Å²) in [4.78, 5) is 23.9. The molecule has 1 aromatic heterocycles. The minimum atomic E-state index is -4.46. The molecule has 1 saturated heterocycles. The van der Waals surface area contributed by atoms with Crippen LogP contribution < -0.4 is 5.32 Å². The summed E-state index contributed by atoms with van der Waals surface area (Å²) in [5, 5.41) is 10.8. The maximum atomic E-state index is 12.2. The zero-order valence-electron chi connectivity index (χ0n) is 10.4. The van der Waals surface area contributed by atoms with Gasteiger partial charge in [-0.25, -0.2) is 0 Å². The Kier molecular flexibility index (Phi) is 3.93. The van der Waals surface area contributed by atoms with Gasteiger partial charge in [-0.15, -0.1) is 10.2 Å². The van der Waals surface area contributed by atoms with Crippen LogP contribution >= 0.6 is 11.3 Å². The van der Waals surface area contributed by atoms with Gasteiger partial charge in [-0.05, 0) is 6.92 Å². The average molecular weight is 308 g/mol. The van der Waals surface area contributed by atoms with Crippen molar-refractivity contribution in [2.45, 2.75) is 19.5 Å². The summed E-state index contributed by atoms with van der Waals surface area (Å²) in [6, 6.07) is 0. The van der Waals surface area contributed by atoms with Crippen molar-refractivity contribution in [3.63, 3.8) is 0 Å². The van der Waals surface area contributed by atoms with Crippen molar-refractivity contribution in [3.8, 4) is 0 Å². The lowest BCUT2D eigenvalue weighted by molar-refractivity contribution is -0.157. The summed E-state index contributed by atoms with van der Waals surface area (Å²) in [6.45, 7) is 0.146. The molecule has 2 amide bonds. The van der Waals surface area contributed by atoms with Crippen LogP contribution in [0.2, 0.25) is 0 Å². The lowest BCUT2D eigenvalue weighted by Gasteiger charge is -2.18. The van der Waals surface area contributed by atoms with Gasteiger partial charge < -0.3 is 10.2 Å². The number of aryl methyl sites for hydroxylation is 1. The number of halogens is 3. The molecule has 2 heterocycles. The molecule has 10 heteroatoms. The van der Waals surface area contributed by atoms with Gasteiger partial charge in [0.1, 0.15) is 11.6 Å². The second-order valence-electron chi connectivity index (χ2n) is 4.41. The molecule has 2 rings (SSSR count). The van der Waals surface area contributed by atoms with Crippen LogP contribution in [0.1, 0.15) is 11.4 Å². The lowest BCUT2D eigenvalue weighted by atomic mass is 10.1. The van der Waals surface area contributed by atoms with Gasteiger partial charge in [0, 0.05) is 13.0 Å². The maximum Gasteiger partial charge on any atom is 0.406 e. The van der Waals surface area contributed by atoms with Crippen LogP contribution in [0.4, 0.5) is 18.3 Å². The average Bonchev–Trinajstić information content (AvgIpc) is 2.85. The fraction of sp³-hybridized carbons (Fsp3) is 0.600. The predicted octanol–water partition coefficient (Wildman–Crippen LogP) is 1.20. The number of amides is 2. The van der Waals surface area contributed by atoms with Crippen LogP contribution in [-0.2, 0) is 9.59 Å². The van der Waals surface area contributed by atoms with Gasteiger partial charge in [0.15, 0.2) is 0 Å². The van der Waals surface area contributed by atoms with E-state index in [1.165, 1.54) is 0 Å². The SMILES string of the molecule is Cc1nnc(NC(=O)[C@@H]2CC(=O)N(CC(F)(F)F)C2)s1. The monoisotopic (exact) mass is 308 g/mol. The first-order valence-corrected chi connectivity index (χ1v) is 6.52. The fourth-order valence-electron chi connectivity index (χ4n) is 1.87. The third-order valence-corrected chi connectivity index (χ3v) is 3.47. The normalized spacial score (nSPS) is 19.5. The number of likely N-dealkylation sites (tertiary alicyclic amines) is 1. The maximum absolute atomic E-state index is 12.2. The Labute approximate surface area is 116 Å². The molecule has 0 saturated carbocycles. The molecule has 0 aromatic carbocycles. The smallest absolute Gasteiger partial charge is 0.333 e. The second kappa shape index (κ2) is 5.35. The molecule has 0 aliphatic carbocycles. The number of alkyl halides is 3. The highest BCUT2D eigenvalue weighted by Gasteiger charge is 2.40. The van der Waals surface area contributed by atoms with Crippen molar-refractivity contribution in [2.24, 2.45) is 5.92 Å². The molecule has 0 radical (unpaired) electrons. The van der Waals surface area contributed by atoms with Crippen molar-refractivity contribution in [3.05, 3.63) is 5.01 Å². The lowest BCUT2D eigenvalue weighted by Crippen LogP contribution is -2.36. The molecule has 1 atom stereocenters. The van der Waals surface area contributed by atoms with Crippen molar-refractivity contribution in [2.75, 3.05) is 18.4 Å². The molecule has 6 nitrogen and oxygen atoms in total. The van der Waals surface area contributed by atoms with E-state index >= 15 is 0 Å². The Morgan fingerprint density at radius 2 is 2.20 bits per heavy atom. The largest absolute Gasteiger partial charge is 0.406 e. The molecule has 1 fully saturated rings. The fourth-order valence-corrected chi connectivity index (χ4v) is 2.47. The number of nitrogens with one attached hydrogen (secondary N) is 1. The highest BCUT2D eigenvalue weighted by Crippen LogP contribution is 2.25. The minimum absolute atomic E-state index is 0.223. The topological polar surface area (TPSA) is 75.2 Å². The van der Waals surface area contributed by atoms with Crippen molar-refractivity contribution < 1.29 is 22.8 Å². The van der Waals surface area contributed by atoms with Crippen LogP contribution in [0.3, 0.4) is 0 Å². The van der Waals surface area contributed by atoms with E-state index in [1.54, 1.807) is 6.92 Å². The van der Waals surface area contributed by atoms with E-state index in [0.717, 1.165) is 11.3 Å². The van der Waals surface area contributed by atoms with Gasteiger partial charge in [-0.3, -0.25) is 9.59 Å². The highest BCUT2D eigenvalue weighted by atomic mass is 32.1. The van der Waals surface area contributed by atoms with Gasteiger partial charge in [0.25, 0.3) is 0 Å². The van der Waals surface area contributed by atoms with Gasteiger partial charge in [-0.2, -0.15) is 13.2 Å². The van der Waals surface area contributed by atoms with E-state index < -0.39 is 30.5 Å². The first-order chi connectivity index (χ1) is 9.24. The molecule has 1 aliphatic rings. The highest BCUT2D eigenvalue weighted by molar-refractivity contribution is 7.15. The summed E-state index contributed by atoms with van der Waals surface area (Å²) in [6.07, 6.45) is -4.68. The van der Waals surface area contributed by atoms with Gasteiger partial charge in [0.05, 0.1) is 5.92 Å². The van der Waals surface area contributed by atoms with Gasteiger partial charge >= 0.3 is 6.18 Å². The summed E-state index contributed by atoms with van der Waals surface area (Å²) in [5.74, 6) is -1.98. The Balaban J connectivity index is 1.94. The first kappa shape index (κ1) is 14.7. The van der Waals surface area contributed by atoms with E-state index in [0.29, 0.717) is 9.91 Å². The van der Waals surface area contributed by atoms with Crippen LogP contribution in [0, 0.1) is 12.8 Å². The number of hydrogen-bond acceptors (Lipinski definition) is 5. The first-order valence-electron chi connectivity index (χ1n) is 5.70. The molecule has 0 spiro atoms. The quantitative estimate of drug-likeness (QED) is 0.910. The summed E-state index contributed by atoms with van der Waals surface area (Å²) in [5.41, 5.74) is 0. The standard InChI is InChI=1S/C10H11F3N4O2S/c1-5-15-16-9(20-5)14-8(19)6-2-7(18)17(3-6)4-10(11,12)13/h6H,2-4H2,1H3,(H,14,16,19)/t6-/m1/s1. The second-order valence-corrected chi connectivity index (χ2v) is 5.59. The van der Waals surface area contributed by atoms with Gasteiger partial charge in [0.2, 0.25) is 16.9 Å². The zero-order chi connectivity index (χ0) is 14.9. The van der Waals surface area contributed by atoms with E-state index in [1.807, 2.05) is 0 Å². The molecule has 110 valence electrons. The van der Waals surface area contributed by atoms with E-state index in [-0.39, 0.29) is 18.1 Å². The Morgan fingerprint density at radius 3 is 2.75 bits per heavy atom. The minimum Gasteiger partial charge on any atom is -0.333 e. The van der Waals surface area contributed by atoms with Crippen molar-refractivity contribution in [1.29, 1.82) is 0 Å². The summed E-state index contributed by atoms with van der Waals surface area (Å²) >= 11 is 1.15. The van der Waals surface area contributed by atoms with Gasteiger partial charge in [-0.1, -0.05) is 11.3 Å². The number of aromatic nitrogens is 2. The number of nitrogens with zero attached hydrogens (tertiary/aromatic N) is 3. The molecule has 1 aliphatic heterocycles. The van der Waals surface area contributed by atoms with Crippen LogP contribution in [0.15, 0.2) is 0 Å². The zero-order valence-corrected chi connectivity index (χ0v) is 11.2. The molecule has 1 aromatic rings. The van der Waals surface area contributed by atoms with Crippen LogP contribution in [0.25, 0.3) is 0 Å². The number of anilines is 1. The summed E-state index contributed by atoms with van der Waals surface area (Å²) in [7, 11) is 0. The summed E-state index contributed by atoms with van der Waals surface area (Å²) < 4.78 is 36.7. The molecular weight excluding hydrogens is 297 g/mol. The van der Waals surface area contributed by atoms with Crippen LogP contribution in [-0.4, -0.2) is 46.2 Å². The van der Waals surface area contributed by atoms with E-state index in [4.69, 9.17) is 0 Å². The Bertz CT molecular complexity index is 531. The Hall–Kier alpha value is -1.71. The molecule has 20 heavy (non-hydrogen) atoms. The molecule has 0 unspecified atom stereocenters. The predicted molar refractivity (Wildman–Crippen MR) is 64.0 cm³/mol. The van der Waals surface area contributed by atoms with Crippen LogP contribution in [0.5, 0.6) is 0 Å². The number of rotatable bonds is 3. The molecule has 0 bridgehead atoms. The number of carbonyl (C=O) groups excluding carboxylic acids is 2. The van der Waals surface area contributed by atoms with E-state index in [9.17, 15) is 22.8 Å². The molecular formula is C10H11F3N4O2S. The third-order valence-electron chi connectivity index (χ3n) is 2.71.